The van der Waals surface area contributed by atoms with E-state index in [1.54, 1.807) is 12.3 Å². The van der Waals surface area contributed by atoms with Crippen molar-refractivity contribution in [2.24, 2.45) is 5.92 Å². The normalized spacial score (nSPS) is 22.1. The highest BCUT2D eigenvalue weighted by molar-refractivity contribution is 5.94. The molecule has 0 aliphatic heterocycles. The third-order valence-electron chi connectivity index (χ3n) is 4.05. The molecule has 3 rings (SSSR count). The summed E-state index contributed by atoms with van der Waals surface area (Å²) in [4.78, 5) is 30.4. The van der Waals surface area contributed by atoms with Gasteiger partial charge in [0.2, 0.25) is 0 Å². The molecule has 1 fully saturated rings. The number of carbonyl (C=O) groups excluding carboxylic acids is 1. The van der Waals surface area contributed by atoms with Crippen molar-refractivity contribution in [2.45, 2.75) is 31.7 Å². The Morgan fingerprint density at radius 1 is 1.19 bits per heavy atom. The fourth-order valence-corrected chi connectivity index (χ4v) is 2.80. The summed E-state index contributed by atoms with van der Waals surface area (Å²) in [6.45, 7) is 0. The Hall–Kier alpha value is -2.37. The maximum absolute atomic E-state index is 12.2. The quantitative estimate of drug-likeness (QED) is 0.804. The lowest BCUT2D eigenvalue weighted by Crippen LogP contribution is -2.39. The van der Waals surface area contributed by atoms with Gasteiger partial charge >= 0.3 is 5.97 Å². The second-order valence-electron chi connectivity index (χ2n) is 5.47. The summed E-state index contributed by atoms with van der Waals surface area (Å²) in [5.74, 6) is -1.21. The molecule has 0 bridgehead atoms. The zero-order valence-corrected chi connectivity index (χ0v) is 11.5. The van der Waals surface area contributed by atoms with Crippen molar-refractivity contribution in [3.05, 3.63) is 30.1 Å². The Morgan fingerprint density at radius 2 is 1.95 bits per heavy atom. The van der Waals surface area contributed by atoms with Gasteiger partial charge in [-0.25, -0.2) is 4.98 Å². The highest BCUT2D eigenvalue weighted by Gasteiger charge is 2.27. The molecule has 2 heterocycles. The van der Waals surface area contributed by atoms with Gasteiger partial charge in [-0.2, -0.15) is 0 Å². The first-order valence-corrected chi connectivity index (χ1v) is 7.11. The van der Waals surface area contributed by atoms with E-state index in [4.69, 9.17) is 5.11 Å². The lowest BCUT2D eigenvalue weighted by Gasteiger charge is -2.26. The van der Waals surface area contributed by atoms with Gasteiger partial charge in [-0.1, -0.05) is 0 Å². The van der Waals surface area contributed by atoms with Crippen LogP contribution in [-0.4, -0.2) is 33.0 Å². The van der Waals surface area contributed by atoms with Crippen LogP contribution in [0.4, 0.5) is 0 Å². The molecular formula is C15H17N3O3. The van der Waals surface area contributed by atoms with Crippen LogP contribution in [-0.2, 0) is 4.79 Å². The number of aromatic amines is 1. The van der Waals surface area contributed by atoms with E-state index in [1.165, 1.54) is 0 Å². The van der Waals surface area contributed by atoms with Crippen molar-refractivity contribution in [3.8, 4) is 0 Å². The van der Waals surface area contributed by atoms with E-state index in [0.717, 1.165) is 5.39 Å². The molecule has 0 spiro atoms. The number of hydrogen-bond acceptors (Lipinski definition) is 3. The molecule has 1 aliphatic carbocycles. The summed E-state index contributed by atoms with van der Waals surface area (Å²) < 4.78 is 0. The lowest BCUT2D eigenvalue weighted by atomic mass is 9.86. The van der Waals surface area contributed by atoms with Crippen LogP contribution in [0.3, 0.4) is 0 Å². The van der Waals surface area contributed by atoms with Crippen LogP contribution < -0.4 is 5.32 Å². The number of pyridine rings is 1. The molecule has 1 aliphatic rings. The first-order chi connectivity index (χ1) is 10.1. The molecule has 0 aromatic carbocycles. The Balaban J connectivity index is 1.62. The Kier molecular flexibility index (Phi) is 3.60. The van der Waals surface area contributed by atoms with Gasteiger partial charge in [0.05, 0.1) is 5.92 Å². The van der Waals surface area contributed by atoms with E-state index in [2.05, 4.69) is 15.3 Å². The molecule has 2 aromatic rings. The molecule has 0 unspecified atom stereocenters. The van der Waals surface area contributed by atoms with Gasteiger partial charge in [0.1, 0.15) is 11.3 Å². The Morgan fingerprint density at radius 3 is 2.67 bits per heavy atom. The number of carboxylic acids is 1. The minimum atomic E-state index is -0.737. The van der Waals surface area contributed by atoms with Crippen molar-refractivity contribution < 1.29 is 14.7 Å². The van der Waals surface area contributed by atoms with Crippen LogP contribution in [0, 0.1) is 5.92 Å². The molecular weight excluding hydrogens is 270 g/mol. The molecule has 3 N–H and O–H groups in total. The molecule has 6 nitrogen and oxygen atoms in total. The SMILES string of the molecule is O=C(NC1CCC(C(=O)O)CC1)c1ccc2cc[nH]c2n1. The molecule has 6 heteroatoms. The van der Waals surface area contributed by atoms with Crippen molar-refractivity contribution in [1.29, 1.82) is 0 Å². The van der Waals surface area contributed by atoms with Gasteiger partial charge in [0, 0.05) is 17.6 Å². The van der Waals surface area contributed by atoms with Crippen LogP contribution in [0.2, 0.25) is 0 Å². The maximum atomic E-state index is 12.2. The molecule has 1 saturated carbocycles. The van der Waals surface area contributed by atoms with Crippen molar-refractivity contribution in [2.75, 3.05) is 0 Å². The zero-order valence-electron chi connectivity index (χ0n) is 11.5. The van der Waals surface area contributed by atoms with Gasteiger partial charge in [-0.3, -0.25) is 9.59 Å². The van der Waals surface area contributed by atoms with Gasteiger partial charge in [-0.05, 0) is 43.9 Å². The molecule has 0 radical (unpaired) electrons. The predicted octanol–water partition coefficient (Wildman–Crippen LogP) is 1.94. The highest BCUT2D eigenvalue weighted by Crippen LogP contribution is 2.24. The van der Waals surface area contributed by atoms with Crippen molar-refractivity contribution in [1.82, 2.24) is 15.3 Å². The van der Waals surface area contributed by atoms with Gasteiger partial charge < -0.3 is 15.4 Å². The number of rotatable bonds is 3. The second kappa shape index (κ2) is 5.55. The number of nitrogens with one attached hydrogen (secondary N) is 2. The third kappa shape index (κ3) is 2.89. The number of amides is 1. The first kappa shape index (κ1) is 13.6. The summed E-state index contributed by atoms with van der Waals surface area (Å²) in [7, 11) is 0. The average Bonchev–Trinajstić information content (AvgIpc) is 2.95. The fraction of sp³-hybridized carbons (Fsp3) is 0.400. The van der Waals surface area contributed by atoms with E-state index in [9.17, 15) is 9.59 Å². The van der Waals surface area contributed by atoms with Gasteiger partial charge in [-0.15, -0.1) is 0 Å². The molecule has 21 heavy (non-hydrogen) atoms. The molecule has 110 valence electrons. The van der Waals surface area contributed by atoms with Crippen molar-refractivity contribution in [3.63, 3.8) is 0 Å². The van der Waals surface area contributed by atoms with Crippen LogP contribution in [0.25, 0.3) is 11.0 Å². The van der Waals surface area contributed by atoms with E-state index in [1.807, 2.05) is 12.1 Å². The second-order valence-corrected chi connectivity index (χ2v) is 5.47. The summed E-state index contributed by atoms with van der Waals surface area (Å²) >= 11 is 0. The number of aliphatic carboxylic acids is 1. The zero-order chi connectivity index (χ0) is 14.8. The molecule has 0 atom stereocenters. The van der Waals surface area contributed by atoms with Crippen LogP contribution in [0.1, 0.15) is 36.2 Å². The monoisotopic (exact) mass is 287 g/mol. The average molecular weight is 287 g/mol. The number of hydrogen-bond donors (Lipinski definition) is 3. The summed E-state index contributed by atoms with van der Waals surface area (Å²) in [5.41, 5.74) is 1.07. The number of fused-ring (bicyclic) bond motifs is 1. The largest absolute Gasteiger partial charge is 0.481 e. The molecule has 0 saturated heterocycles. The number of nitrogens with zero attached hydrogens (tertiary/aromatic N) is 1. The van der Waals surface area contributed by atoms with Crippen LogP contribution in [0.5, 0.6) is 0 Å². The standard InChI is InChI=1S/C15H17N3O3/c19-14(12-6-3-9-7-8-16-13(9)18-12)17-11-4-1-10(2-5-11)15(20)21/h3,6-8,10-11H,1-2,4-5H2,(H,16,18)(H,17,19)(H,20,21). The summed E-state index contributed by atoms with van der Waals surface area (Å²) in [6.07, 6.45) is 4.42. The van der Waals surface area contributed by atoms with Gasteiger partial charge in [0.25, 0.3) is 5.91 Å². The third-order valence-corrected chi connectivity index (χ3v) is 4.05. The van der Waals surface area contributed by atoms with E-state index < -0.39 is 5.97 Å². The van der Waals surface area contributed by atoms with Crippen molar-refractivity contribution >= 4 is 22.9 Å². The molecule has 2 aromatic heterocycles. The van der Waals surface area contributed by atoms with Gasteiger partial charge in [0.15, 0.2) is 0 Å². The fourth-order valence-electron chi connectivity index (χ4n) is 2.80. The topological polar surface area (TPSA) is 95.1 Å². The maximum Gasteiger partial charge on any atom is 0.306 e. The highest BCUT2D eigenvalue weighted by atomic mass is 16.4. The van der Waals surface area contributed by atoms with Crippen LogP contribution in [0.15, 0.2) is 24.4 Å². The number of carboxylic acid groups (broad SMARTS) is 1. The Labute approximate surface area is 121 Å². The number of aromatic nitrogens is 2. The number of carbonyl (C=O) groups is 2. The Bertz CT molecular complexity index is 672. The van der Waals surface area contributed by atoms with E-state index >= 15 is 0 Å². The molecule has 1 amide bonds. The minimum Gasteiger partial charge on any atom is -0.481 e. The first-order valence-electron chi connectivity index (χ1n) is 7.11. The van der Waals surface area contributed by atoms with E-state index in [-0.39, 0.29) is 17.9 Å². The predicted molar refractivity (Wildman–Crippen MR) is 76.9 cm³/mol. The van der Waals surface area contributed by atoms with Crippen LogP contribution >= 0.6 is 0 Å². The summed E-state index contributed by atoms with van der Waals surface area (Å²) in [6, 6.07) is 5.50. The number of H-pyrrole nitrogens is 1. The lowest BCUT2D eigenvalue weighted by molar-refractivity contribution is -0.142. The smallest absolute Gasteiger partial charge is 0.306 e. The summed E-state index contributed by atoms with van der Waals surface area (Å²) in [5, 5.41) is 12.9. The minimum absolute atomic E-state index is 0.0363. The van der Waals surface area contributed by atoms with E-state index in [0.29, 0.717) is 37.0 Å².